The SMILES string of the molecule is COC(=O)c1ccccc1S(=O)(=O)N1CCC(C(C)N)C1. The van der Waals surface area contributed by atoms with Crippen molar-refractivity contribution >= 4 is 16.0 Å². The summed E-state index contributed by atoms with van der Waals surface area (Å²) in [5, 5.41) is 0. The first-order valence-electron chi connectivity index (χ1n) is 6.81. The molecule has 0 saturated carbocycles. The number of nitrogens with zero attached hydrogens (tertiary/aromatic N) is 1. The van der Waals surface area contributed by atoms with Gasteiger partial charge in [-0.1, -0.05) is 12.1 Å². The zero-order chi connectivity index (χ0) is 15.6. The lowest BCUT2D eigenvalue weighted by molar-refractivity contribution is 0.0596. The van der Waals surface area contributed by atoms with Crippen LogP contribution in [0.25, 0.3) is 0 Å². The summed E-state index contributed by atoms with van der Waals surface area (Å²) in [5.41, 5.74) is 5.91. The fourth-order valence-electron chi connectivity index (χ4n) is 2.51. The van der Waals surface area contributed by atoms with E-state index < -0.39 is 16.0 Å². The number of hydrogen-bond acceptors (Lipinski definition) is 5. The summed E-state index contributed by atoms with van der Waals surface area (Å²) in [7, 11) is -2.48. The molecule has 0 amide bonds. The Morgan fingerprint density at radius 1 is 1.43 bits per heavy atom. The summed E-state index contributed by atoms with van der Waals surface area (Å²) in [6, 6.07) is 6.04. The zero-order valence-corrected chi connectivity index (χ0v) is 13.0. The van der Waals surface area contributed by atoms with Crippen LogP contribution >= 0.6 is 0 Å². The smallest absolute Gasteiger partial charge is 0.339 e. The monoisotopic (exact) mass is 312 g/mol. The molecule has 2 unspecified atom stereocenters. The van der Waals surface area contributed by atoms with Crippen LogP contribution in [0.4, 0.5) is 0 Å². The number of carbonyl (C=O) groups is 1. The Kier molecular flexibility index (Phi) is 4.65. The third-order valence-corrected chi connectivity index (χ3v) is 5.76. The van der Waals surface area contributed by atoms with Crippen LogP contribution in [0.5, 0.6) is 0 Å². The molecule has 1 aromatic carbocycles. The van der Waals surface area contributed by atoms with E-state index in [9.17, 15) is 13.2 Å². The summed E-state index contributed by atoms with van der Waals surface area (Å²) in [4.78, 5) is 11.7. The van der Waals surface area contributed by atoms with Gasteiger partial charge in [-0.2, -0.15) is 4.31 Å². The van der Waals surface area contributed by atoms with E-state index in [0.29, 0.717) is 13.1 Å². The molecule has 1 fully saturated rings. The van der Waals surface area contributed by atoms with Crippen LogP contribution in [0.15, 0.2) is 29.2 Å². The van der Waals surface area contributed by atoms with E-state index in [1.807, 2.05) is 6.92 Å². The number of nitrogens with two attached hydrogens (primary N) is 1. The van der Waals surface area contributed by atoms with Crippen LogP contribution < -0.4 is 5.73 Å². The maximum absolute atomic E-state index is 12.7. The van der Waals surface area contributed by atoms with E-state index in [0.717, 1.165) is 6.42 Å². The van der Waals surface area contributed by atoms with Gasteiger partial charge >= 0.3 is 5.97 Å². The molecule has 1 heterocycles. The normalized spacial score (nSPS) is 21.2. The number of hydrogen-bond donors (Lipinski definition) is 1. The molecule has 2 atom stereocenters. The van der Waals surface area contributed by atoms with Crippen molar-refractivity contribution in [2.45, 2.75) is 24.3 Å². The highest BCUT2D eigenvalue weighted by atomic mass is 32.2. The minimum Gasteiger partial charge on any atom is -0.465 e. The largest absolute Gasteiger partial charge is 0.465 e. The molecule has 1 aliphatic heterocycles. The van der Waals surface area contributed by atoms with Crippen molar-refractivity contribution in [2.75, 3.05) is 20.2 Å². The lowest BCUT2D eigenvalue weighted by atomic mass is 10.0. The molecule has 1 aliphatic rings. The lowest BCUT2D eigenvalue weighted by Gasteiger charge is -2.19. The highest BCUT2D eigenvalue weighted by molar-refractivity contribution is 7.89. The molecule has 2 rings (SSSR count). The van der Waals surface area contributed by atoms with Gasteiger partial charge in [0.15, 0.2) is 0 Å². The van der Waals surface area contributed by atoms with Crippen molar-refractivity contribution in [3.05, 3.63) is 29.8 Å². The molecule has 116 valence electrons. The highest BCUT2D eigenvalue weighted by Gasteiger charge is 2.35. The number of sulfonamides is 1. The van der Waals surface area contributed by atoms with Crippen molar-refractivity contribution in [3.8, 4) is 0 Å². The molecule has 1 saturated heterocycles. The number of ether oxygens (including phenoxy) is 1. The van der Waals surface area contributed by atoms with Crippen molar-refractivity contribution in [1.29, 1.82) is 0 Å². The number of carbonyl (C=O) groups excluding carboxylic acids is 1. The van der Waals surface area contributed by atoms with Crippen molar-refractivity contribution < 1.29 is 17.9 Å². The van der Waals surface area contributed by atoms with E-state index in [1.165, 1.54) is 23.5 Å². The standard InChI is InChI=1S/C14H20N2O4S/c1-10(15)11-7-8-16(9-11)21(18,19)13-6-4-3-5-12(13)14(17)20-2/h3-6,10-11H,7-9,15H2,1-2H3. The Bertz CT molecular complexity index is 628. The molecule has 0 aromatic heterocycles. The Labute approximate surface area is 124 Å². The quantitative estimate of drug-likeness (QED) is 0.832. The van der Waals surface area contributed by atoms with Gasteiger partial charge in [0.05, 0.1) is 17.6 Å². The first kappa shape index (κ1) is 15.9. The molecular weight excluding hydrogens is 292 g/mol. The first-order chi connectivity index (χ1) is 9.87. The molecule has 21 heavy (non-hydrogen) atoms. The van der Waals surface area contributed by atoms with Crippen molar-refractivity contribution in [2.24, 2.45) is 11.7 Å². The van der Waals surface area contributed by atoms with Gasteiger partial charge < -0.3 is 10.5 Å². The molecular formula is C14H20N2O4S. The number of methoxy groups -OCH3 is 1. The molecule has 6 nitrogen and oxygen atoms in total. The summed E-state index contributed by atoms with van der Waals surface area (Å²) in [5.74, 6) is -0.512. The summed E-state index contributed by atoms with van der Waals surface area (Å²) in [6.07, 6.45) is 0.733. The van der Waals surface area contributed by atoms with Gasteiger partial charge in [-0.15, -0.1) is 0 Å². The van der Waals surface area contributed by atoms with Crippen LogP contribution in [-0.2, 0) is 14.8 Å². The zero-order valence-electron chi connectivity index (χ0n) is 12.2. The van der Waals surface area contributed by atoms with Gasteiger partial charge in [-0.25, -0.2) is 13.2 Å². The maximum Gasteiger partial charge on any atom is 0.339 e. The number of rotatable bonds is 4. The second-order valence-electron chi connectivity index (χ2n) is 5.26. The van der Waals surface area contributed by atoms with Crippen molar-refractivity contribution in [3.63, 3.8) is 0 Å². The fraction of sp³-hybridized carbons (Fsp3) is 0.500. The predicted octanol–water partition coefficient (Wildman–Crippen LogP) is 0.831. The van der Waals surface area contributed by atoms with E-state index in [2.05, 4.69) is 4.74 Å². The van der Waals surface area contributed by atoms with Gasteiger partial charge in [0, 0.05) is 19.1 Å². The van der Waals surface area contributed by atoms with Crippen LogP contribution in [0, 0.1) is 5.92 Å². The Morgan fingerprint density at radius 2 is 2.10 bits per heavy atom. The van der Waals surface area contributed by atoms with Gasteiger partial charge in [-0.3, -0.25) is 0 Å². The van der Waals surface area contributed by atoms with Crippen LogP contribution in [0.1, 0.15) is 23.7 Å². The predicted molar refractivity (Wildman–Crippen MR) is 78.3 cm³/mol. The Balaban J connectivity index is 2.35. The van der Waals surface area contributed by atoms with E-state index >= 15 is 0 Å². The van der Waals surface area contributed by atoms with E-state index in [4.69, 9.17) is 5.73 Å². The third-order valence-electron chi connectivity index (χ3n) is 3.84. The van der Waals surface area contributed by atoms with Gasteiger partial charge in [-0.05, 0) is 31.4 Å². The molecule has 0 spiro atoms. The van der Waals surface area contributed by atoms with Crippen LogP contribution in [-0.4, -0.2) is 44.9 Å². The van der Waals surface area contributed by atoms with Crippen LogP contribution in [0.2, 0.25) is 0 Å². The van der Waals surface area contributed by atoms with Gasteiger partial charge in [0.2, 0.25) is 10.0 Å². The van der Waals surface area contributed by atoms with Gasteiger partial charge in [0.25, 0.3) is 0 Å². The van der Waals surface area contributed by atoms with E-state index in [1.54, 1.807) is 12.1 Å². The molecule has 0 radical (unpaired) electrons. The minimum absolute atomic E-state index is 0.0119. The first-order valence-corrected chi connectivity index (χ1v) is 8.25. The Morgan fingerprint density at radius 3 is 2.67 bits per heavy atom. The lowest BCUT2D eigenvalue weighted by Crippen LogP contribution is -2.33. The maximum atomic E-state index is 12.7. The molecule has 7 heteroatoms. The number of esters is 1. The third kappa shape index (κ3) is 3.09. The summed E-state index contributed by atoms with van der Waals surface area (Å²) in [6.45, 7) is 2.68. The number of benzene rings is 1. The topological polar surface area (TPSA) is 89.7 Å². The minimum atomic E-state index is -3.71. The van der Waals surface area contributed by atoms with E-state index in [-0.39, 0.29) is 22.4 Å². The molecule has 0 bridgehead atoms. The van der Waals surface area contributed by atoms with Crippen LogP contribution in [0.3, 0.4) is 0 Å². The van der Waals surface area contributed by atoms with Gasteiger partial charge in [0.1, 0.15) is 0 Å². The highest BCUT2D eigenvalue weighted by Crippen LogP contribution is 2.27. The second-order valence-corrected chi connectivity index (χ2v) is 7.17. The average Bonchev–Trinajstić information content (AvgIpc) is 2.97. The Hall–Kier alpha value is -1.44. The second kappa shape index (κ2) is 6.13. The summed E-state index contributed by atoms with van der Waals surface area (Å²) >= 11 is 0. The molecule has 1 aromatic rings. The summed E-state index contributed by atoms with van der Waals surface area (Å²) < 4.78 is 31.5. The molecule has 0 aliphatic carbocycles. The van der Waals surface area contributed by atoms with Crippen molar-refractivity contribution in [1.82, 2.24) is 4.31 Å². The molecule has 2 N–H and O–H groups in total. The average molecular weight is 312 g/mol. The fourth-order valence-corrected chi connectivity index (χ4v) is 4.20.